The van der Waals surface area contributed by atoms with Crippen LogP contribution in [0.2, 0.25) is 0 Å². The number of hydrogen-bond donors (Lipinski definition) is 1. The smallest absolute Gasteiger partial charge is 0.159 e. The average molecular weight is 475 g/mol. The number of fused-ring (bicyclic) bond motifs is 8. The molecule has 0 spiro atoms. The van der Waals surface area contributed by atoms with E-state index in [1.165, 1.54) is 32.6 Å². The molecule has 0 aliphatic carbocycles. The van der Waals surface area contributed by atoms with Crippen molar-refractivity contribution < 1.29 is 4.42 Å². The maximum absolute atomic E-state index is 6.47. The summed E-state index contributed by atoms with van der Waals surface area (Å²) in [5, 5.41) is 10.9. The number of aromatic nitrogens is 1. The maximum atomic E-state index is 6.47. The van der Waals surface area contributed by atoms with Crippen molar-refractivity contribution in [3.63, 3.8) is 0 Å². The molecule has 0 saturated heterocycles. The van der Waals surface area contributed by atoms with Crippen LogP contribution in [-0.4, -0.2) is 4.57 Å². The van der Waals surface area contributed by atoms with Crippen molar-refractivity contribution >= 4 is 65.9 Å². The van der Waals surface area contributed by atoms with Crippen LogP contribution < -0.4 is 5.32 Å². The molecule has 2 heterocycles. The highest BCUT2D eigenvalue weighted by Crippen LogP contribution is 2.41. The molecule has 0 fully saturated rings. The monoisotopic (exact) mass is 474 g/mol. The Morgan fingerprint density at radius 2 is 1.11 bits per heavy atom. The van der Waals surface area contributed by atoms with E-state index in [9.17, 15) is 0 Å². The van der Waals surface area contributed by atoms with Gasteiger partial charge in [-0.05, 0) is 47.2 Å². The van der Waals surface area contributed by atoms with Crippen LogP contribution in [0.5, 0.6) is 0 Å². The minimum absolute atomic E-state index is 0.872. The van der Waals surface area contributed by atoms with Crippen molar-refractivity contribution in [3.8, 4) is 5.69 Å². The summed E-state index contributed by atoms with van der Waals surface area (Å²) < 4.78 is 8.82. The Morgan fingerprint density at radius 3 is 1.89 bits per heavy atom. The average Bonchev–Trinajstić information content (AvgIpc) is 3.50. The minimum Gasteiger partial charge on any atom is -0.454 e. The normalized spacial score (nSPS) is 11.8. The van der Waals surface area contributed by atoms with Crippen LogP contribution in [0.25, 0.3) is 60.2 Å². The van der Waals surface area contributed by atoms with Gasteiger partial charge in [-0.2, -0.15) is 0 Å². The summed E-state index contributed by atoms with van der Waals surface area (Å²) in [6.45, 7) is 0. The van der Waals surface area contributed by atoms with Gasteiger partial charge in [-0.3, -0.25) is 0 Å². The van der Waals surface area contributed by atoms with Gasteiger partial charge in [-0.15, -0.1) is 0 Å². The summed E-state index contributed by atoms with van der Waals surface area (Å²) in [4.78, 5) is 0. The number of anilines is 2. The molecule has 174 valence electrons. The molecule has 0 bridgehead atoms. The summed E-state index contributed by atoms with van der Waals surface area (Å²) >= 11 is 0. The second kappa shape index (κ2) is 7.74. The fraction of sp³-hybridized carbons (Fsp3) is 0. The van der Waals surface area contributed by atoms with Crippen LogP contribution >= 0.6 is 0 Å². The molecule has 1 N–H and O–H groups in total. The second-order valence-corrected chi connectivity index (χ2v) is 9.46. The van der Waals surface area contributed by atoms with Gasteiger partial charge in [0.2, 0.25) is 0 Å². The van der Waals surface area contributed by atoms with Crippen LogP contribution in [0, 0.1) is 0 Å². The Kier molecular flexibility index (Phi) is 4.23. The van der Waals surface area contributed by atoms with E-state index in [0.717, 1.165) is 39.0 Å². The summed E-state index contributed by atoms with van der Waals surface area (Å²) in [5.41, 5.74) is 7.21. The first-order chi connectivity index (χ1) is 18.4. The zero-order valence-corrected chi connectivity index (χ0v) is 20.0. The zero-order chi connectivity index (χ0) is 24.3. The van der Waals surface area contributed by atoms with Crippen molar-refractivity contribution in [2.75, 3.05) is 5.32 Å². The largest absolute Gasteiger partial charge is 0.454 e. The predicted octanol–water partition coefficient (Wildman–Crippen LogP) is 9.58. The Hall–Kier alpha value is -5.02. The van der Waals surface area contributed by atoms with Crippen LogP contribution in [0.1, 0.15) is 0 Å². The third kappa shape index (κ3) is 2.95. The lowest BCUT2D eigenvalue weighted by molar-refractivity contribution is 0.670. The molecule has 3 nitrogen and oxygen atoms in total. The first-order valence-corrected chi connectivity index (χ1v) is 12.5. The van der Waals surface area contributed by atoms with Gasteiger partial charge in [-0.25, -0.2) is 0 Å². The summed E-state index contributed by atoms with van der Waals surface area (Å²) in [5.74, 6) is 0. The molecular weight excluding hydrogens is 452 g/mol. The van der Waals surface area contributed by atoms with Crippen LogP contribution in [-0.2, 0) is 0 Å². The molecule has 2 aromatic heterocycles. The van der Waals surface area contributed by atoms with Crippen molar-refractivity contribution in [3.05, 3.63) is 127 Å². The molecule has 0 aliphatic rings. The Labute approximate surface area is 213 Å². The predicted molar refractivity (Wildman–Crippen MR) is 155 cm³/mol. The SMILES string of the molecule is c1ccc(-n2c3ccccc3c3ccccc32)c(Nc2cc3ccccc3c3c2oc2ccccc23)c1. The summed E-state index contributed by atoms with van der Waals surface area (Å²) in [7, 11) is 0. The molecule has 37 heavy (non-hydrogen) atoms. The highest BCUT2D eigenvalue weighted by molar-refractivity contribution is 6.22. The molecule has 0 radical (unpaired) electrons. The van der Waals surface area contributed by atoms with E-state index in [2.05, 4.69) is 125 Å². The lowest BCUT2D eigenvalue weighted by atomic mass is 10.0. The van der Waals surface area contributed by atoms with Gasteiger partial charge in [0.05, 0.1) is 28.1 Å². The number of nitrogens with zero attached hydrogens (tertiary/aromatic N) is 1. The van der Waals surface area contributed by atoms with Gasteiger partial charge < -0.3 is 14.3 Å². The summed E-state index contributed by atoms with van der Waals surface area (Å²) in [6.07, 6.45) is 0. The van der Waals surface area contributed by atoms with Crippen LogP contribution in [0.15, 0.2) is 132 Å². The highest BCUT2D eigenvalue weighted by Gasteiger charge is 2.18. The topological polar surface area (TPSA) is 30.1 Å². The van der Waals surface area contributed by atoms with Gasteiger partial charge in [0, 0.05) is 21.5 Å². The van der Waals surface area contributed by atoms with Crippen molar-refractivity contribution in [2.45, 2.75) is 0 Å². The first kappa shape index (κ1) is 20.2. The van der Waals surface area contributed by atoms with E-state index >= 15 is 0 Å². The Morgan fingerprint density at radius 1 is 0.514 bits per heavy atom. The van der Waals surface area contributed by atoms with E-state index in [4.69, 9.17) is 4.42 Å². The lowest BCUT2D eigenvalue weighted by Crippen LogP contribution is -2.00. The number of nitrogens with one attached hydrogen (secondary N) is 1. The molecule has 8 rings (SSSR count). The van der Waals surface area contributed by atoms with E-state index in [0.29, 0.717) is 0 Å². The number of benzene rings is 6. The van der Waals surface area contributed by atoms with Gasteiger partial charge in [0.15, 0.2) is 5.58 Å². The number of furan rings is 1. The Bertz CT molecular complexity index is 2080. The van der Waals surface area contributed by atoms with Gasteiger partial charge in [0.1, 0.15) is 5.58 Å². The molecule has 0 amide bonds. The van der Waals surface area contributed by atoms with Crippen molar-refractivity contribution in [2.24, 2.45) is 0 Å². The summed E-state index contributed by atoms with van der Waals surface area (Å²) in [6, 6.07) is 44.7. The van der Waals surface area contributed by atoms with Crippen molar-refractivity contribution in [1.82, 2.24) is 4.57 Å². The first-order valence-electron chi connectivity index (χ1n) is 12.5. The molecule has 0 aliphatic heterocycles. The van der Waals surface area contributed by atoms with Gasteiger partial charge in [-0.1, -0.05) is 91.0 Å². The zero-order valence-electron chi connectivity index (χ0n) is 20.0. The van der Waals surface area contributed by atoms with E-state index < -0.39 is 0 Å². The van der Waals surface area contributed by atoms with Crippen molar-refractivity contribution in [1.29, 1.82) is 0 Å². The number of rotatable bonds is 3. The van der Waals surface area contributed by atoms with E-state index in [1.807, 2.05) is 12.1 Å². The molecule has 0 saturated carbocycles. The maximum Gasteiger partial charge on any atom is 0.159 e. The number of hydrogen-bond acceptors (Lipinski definition) is 2. The number of para-hydroxylation sites is 5. The molecule has 3 heteroatoms. The molecule has 6 aromatic carbocycles. The van der Waals surface area contributed by atoms with E-state index in [1.54, 1.807) is 0 Å². The van der Waals surface area contributed by atoms with Gasteiger partial charge >= 0.3 is 0 Å². The molecule has 0 atom stereocenters. The van der Waals surface area contributed by atoms with Crippen LogP contribution in [0.4, 0.5) is 11.4 Å². The fourth-order valence-corrected chi connectivity index (χ4v) is 5.77. The molecule has 0 unspecified atom stereocenters. The van der Waals surface area contributed by atoms with Gasteiger partial charge in [0.25, 0.3) is 0 Å². The molecular formula is C34H22N2O. The fourth-order valence-electron chi connectivity index (χ4n) is 5.77. The third-order valence-corrected chi connectivity index (χ3v) is 7.36. The third-order valence-electron chi connectivity index (χ3n) is 7.36. The van der Waals surface area contributed by atoms with E-state index in [-0.39, 0.29) is 0 Å². The lowest BCUT2D eigenvalue weighted by Gasteiger charge is -2.16. The Balaban J connectivity index is 1.40. The standard InChI is InChI=1S/C34H22N2O/c1-2-12-23-22(11-1)21-28(34-33(23)26-15-5-10-20-32(26)37-34)35-27-16-6-9-19-31(27)36-29-17-7-3-13-24(29)25-14-4-8-18-30(25)36/h1-21,35H. The molecule has 8 aromatic rings. The minimum atomic E-state index is 0.872. The quantitative estimate of drug-likeness (QED) is 0.276. The second-order valence-electron chi connectivity index (χ2n) is 9.46. The van der Waals surface area contributed by atoms with Crippen LogP contribution in [0.3, 0.4) is 0 Å². The highest BCUT2D eigenvalue weighted by atomic mass is 16.3.